The van der Waals surface area contributed by atoms with Crippen molar-refractivity contribution in [3.63, 3.8) is 0 Å². The number of aromatic nitrogens is 3. The van der Waals surface area contributed by atoms with Gasteiger partial charge < -0.3 is 22.8 Å². The molecule has 86 heavy (non-hydrogen) atoms. The molecule has 0 saturated carbocycles. The Labute approximate surface area is 501 Å². The van der Waals surface area contributed by atoms with E-state index in [1.807, 2.05) is 133 Å². The van der Waals surface area contributed by atoms with Gasteiger partial charge in [-0.05, 0) is 91.0 Å². The Kier molecular flexibility index (Phi) is 12.5. The number of hydrogen-bond donors (Lipinski definition) is 0. The minimum atomic E-state index is -3.12. The van der Waals surface area contributed by atoms with Crippen LogP contribution in [0.5, 0.6) is 0 Å². The van der Waals surface area contributed by atoms with E-state index >= 15 is 9.13 Å². The number of nitrogens with zero attached hydrogens (tertiary/aromatic N) is 3. The molecule has 0 amide bonds. The Morgan fingerprint density at radius 3 is 0.674 bits per heavy atom. The molecule has 5 nitrogen and oxygen atoms in total. The molecular weight excluding hydrogens is 1100 g/mol. The second-order valence-corrected chi connectivity index (χ2v) is 28.5. The van der Waals surface area contributed by atoms with Crippen LogP contribution in [0.4, 0.5) is 0 Å². The van der Waals surface area contributed by atoms with Gasteiger partial charge in [0, 0.05) is 84.3 Å². The van der Waals surface area contributed by atoms with Gasteiger partial charge in [0.05, 0.1) is 50.2 Å². The second-order valence-electron chi connectivity index (χ2n) is 21.8. The first-order valence-electron chi connectivity index (χ1n) is 28.9. The Bertz CT molecular complexity index is 4840. The number of benzene rings is 13. The summed E-state index contributed by atoms with van der Waals surface area (Å²) in [7, 11) is -6.25. The molecule has 0 aliphatic carbocycles. The normalized spacial score (nSPS) is 12.0. The highest BCUT2D eigenvalue weighted by Gasteiger charge is 2.32. The lowest BCUT2D eigenvalue weighted by atomic mass is 10.1. The summed E-state index contributed by atoms with van der Waals surface area (Å²) in [6.07, 6.45) is 0. The van der Waals surface area contributed by atoms with Crippen LogP contribution in [0.3, 0.4) is 0 Å². The molecule has 0 aliphatic heterocycles. The van der Waals surface area contributed by atoms with Gasteiger partial charge in [0.15, 0.2) is 14.3 Å². The Morgan fingerprint density at radius 2 is 0.430 bits per heavy atom. The van der Waals surface area contributed by atoms with E-state index in [1.165, 1.54) is 65.4 Å². The smallest absolute Gasteiger partial charge is 0.171 e. The van der Waals surface area contributed by atoms with Crippen LogP contribution >= 0.6 is 25.6 Å². The molecule has 0 aliphatic rings. The quantitative estimate of drug-likeness (QED) is 0.135. The lowest BCUT2D eigenvalue weighted by molar-refractivity contribution is 0.591. The highest BCUT2D eigenvalue weighted by atomic mass is 32.1. The summed E-state index contributed by atoms with van der Waals surface area (Å²) in [5, 5.41) is 14.4. The second kappa shape index (κ2) is 20.9. The van der Waals surface area contributed by atoms with Crippen molar-refractivity contribution >= 4 is 143 Å². The molecule has 0 unspecified atom stereocenters. The predicted octanol–water partition coefficient (Wildman–Crippen LogP) is 18.3. The van der Waals surface area contributed by atoms with Crippen LogP contribution < -0.4 is 31.8 Å². The molecule has 0 N–H and O–H groups in total. The van der Waals surface area contributed by atoms with Gasteiger partial charge in [-0.15, -0.1) is 11.3 Å². The maximum absolute atomic E-state index is 15.1. The Balaban J connectivity index is 0.000000140. The van der Waals surface area contributed by atoms with E-state index in [4.69, 9.17) is 0 Å². The largest absolute Gasteiger partial charge is 0.309 e. The van der Waals surface area contributed by atoms with Gasteiger partial charge in [0.25, 0.3) is 0 Å². The zero-order valence-electron chi connectivity index (χ0n) is 46.6. The lowest BCUT2D eigenvalue weighted by Crippen LogP contribution is -2.25. The zero-order valence-corrected chi connectivity index (χ0v) is 49.2. The third-order valence-corrected chi connectivity index (χ3v) is 24.3. The van der Waals surface area contributed by atoms with Crippen LogP contribution in [0.2, 0.25) is 0 Å². The van der Waals surface area contributed by atoms with Gasteiger partial charge in [-0.2, -0.15) is 0 Å². The first-order valence-corrected chi connectivity index (χ1v) is 33.2. The van der Waals surface area contributed by atoms with Crippen molar-refractivity contribution in [3.8, 4) is 17.1 Å². The summed E-state index contributed by atoms with van der Waals surface area (Å²) in [6.45, 7) is 0. The summed E-state index contributed by atoms with van der Waals surface area (Å²) in [5.41, 5.74) is 10.6. The van der Waals surface area contributed by atoms with Crippen LogP contribution in [0.25, 0.3) is 103 Å². The van der Waals surface area contributed by atoms with Gasteiger partial charge in [0.1, 0.15) is 0 Å². The van der Waals surface area contributed by atoms with Crippen LogP contribution in [-0.4, -0.2) is 13.7 Å². The average molecular weight is 1160 g/mol. The number of thiophene rings is 1. The maximum atomic E-state index is 15.1. The van der Waals surface area contributed by atoms with Crippen molar-refractivity contribution < 1.29 is 9.13 Å². The minimum Gasteiger partial charge on any atom is -0.309 e. The van der Waals surface area contributed by atoms with Gasteiger partial charge in [-0.3, -0.25) is 0 Å². The fourth-order valence-electron chi connectivity index (χ4n) is 13.2. The molecule has 0 radical (unpaired) electrons. The zero-order chi connectivity index (χ0) is 57.3. The molecule has 4 heterocycles. The molecule has 0 spiro atoms. The molecule has 0 saturated heterocycles. The number of para-hydroxylation sites is 6. The summed E-state index contributed by atoms with van der Waals surface area (Å²) in [4.78, 5) is 0. The van der Waals surface area contributed by atoms with Crippen molar-refractivity contribution in [2.45, 2.75) is 0 Å². The third kappa shape index (κ3) is 8.28. The van der Waals surface area contributed by atoms with Gasteiger partial charge >= 0.3 is 0 Å². The standard InChI is InChI=1S/C42H27N3.C36H26O2P2S/c1-7-19-37-31(13-1)32-14-2-8-20-38(32)43(37)28-25-29(44-39-21-9-3-15-33(39)34-16-4-10-22-40(34)44)27-30(26-28)45-41-23-11-5-17-35(41)36-18-6-12-24-42(36)45;37-39(27-13-5-1-6-14-27,28-15-7-2-8-16-28)31-21-23-35-33(25-31)34-26-32(22-24-36(34)41-35)40(38,29-17-9-3-10-18-29)30-19-11-4-12-20-30/h1-27H;1-26H. The van der Waals surface area contributed by atoms with Crippen molar-refractivity contribution in [1.82, 2.24) is 13.7 Å². The molecule has 13 aromatic carbocycles. The molecule has 17 rings (SSSR count). The van der Waals surface area contributed by atoms with E-state index in [9.17, 15) is 0 Å². The van der Waals surface area contributed by atoms with Gasteiger partial charge in [0.2, 0.25) is 0 Å². The molecular formula is C78H53N3O2P2S. The molecule has 0 bridgehead atoms. The number of hydrogen-bond acceptors (Lipinski definition) is 3. The van der Waals surface area contributed by atoms with Gasteiger partial charge in [-0.25, -0.2) is 0 Å². The van der Waals surface area contributed by atoms with Crippen LogP contribution in [0.15, 0.2) is 322 Å². The molecule has 0 fully saturated rings. The van der Waals surface area contributed by atoms with E-state index in [2.05, 4.69) is 202 Å². The summed E-state index contributed by atoms with van der Waals surface area (Å²) >= 11 is 1.70. The molecule has 0 atom stereocenters. The first kappa shape index (κ1) is 51.6. The van der Waals surface area contributed by atoms with Gasteiger partial charge in [-0.1, -0.05) is 231 Å². The van der Waals surface area contributed by atoms with E-state index in [0.29, 0.717) is 0 Å². The fraction of sp³-hybridized carbons (Fsp3) is 0. The Hall–Kier alpha value is -10.1. The van der Waals surface area contributed by atoms with E-state index in [1.54, 1.807) is 11.3 Å². The van der Waals surface area contributed by atoms with Crippen LogP contribution in [-0.2, 0) is 9.13 Å². The third-order valence-electron chi connectivity index (χ3n) is 17.0. The number of fused-ring (bicyclic) bond motifs is 12. The SMILES string of the molecule is O=P(c1ccccc1)(c1ccccc1)c1ccc2sc3ccc(P(=O)(c4ccccc4)c4ccccc4)cc3c2c1.c1ccc2c(c1)c1ccccc1n2-c1cc(-n2c3ccccc3c3ccccc32)cc(-n2c3ccccc3c3ccccc32)c1. The predicted molar refractivity (Wildman–Crippen MR) is 368 cm³/mol. The van der Waals surface area contributed by atoms with Crippen molar-refractivity contribution in [2.24, 2.45) is 0 Å². The first-order chi connectivity index (χ1) is 42.4. The molecule has 17 aromatic rings. The van der Waals surface area contributed by atoms with Crippen molar-refractivity contribution in [3.05, 3.63) is 322 Å². The van der Waals surface area contributed by atoms with Crippen molar-refractivity contribution in [1.29, 1.82) is 0 Å². The lowest BCUT2D eigenvalue weighted by Gasteiger charge is -2.20. The summed E-state index contributed by atoms with van der Waals surface area (Å²) in [5.74, 6) is 0. The van der Waals surface area contributed by atoms with Crippen LogP contribution in [0.1, 0.15) is 0 Å². The number of rotatable bonds is 9. The summed E-state index contributed by atoms with van der Waals surface area (Å²) in [6, 6.07) is 111. The van der Waals surface area contributed by atoms with E-state index in [-0.39, 0.29) is 0 Å². The van der Waals surface area contributed by atoms with Crippen molar-refractivity contribution in [2.75, 3.05) is 0 Å². The average Bonchev–Trinajstić information content (AvgIpc) is 2.15. The van der Waals surface area contributed by atoms with E-state index < -0.39 is 14.3 Å². The molecule has 408 valence electrons. The van der Waals surface area contributed by atoms with E-state index in [0.717, 1.165) is 69.1 Å². The topological polar surface area (TPSA) is 48.9 Å². The summed E-state index contributed by atoms with van der Waals surface area (Å²) < 4.78 is 39.7. The monoisotopic (exact) mass is 1160 g/mol. The maximum Gasteiger partial charge on any atom is 0.171 e. The van der Waals surface area contributed by atoms with Crippen LogP contribution in [0, 0.1) is 0 Å². The highest BCUT2D eigenvalue weighted by Crippen LogP contribution is 2.47. The molecule has 4 aromatic heterocycles. The Morgan fingerprint density at radius 1 is 0.209 bits per heavy atom. The highest BCUT2D eigenvalue weighted by molar-refractivity contribution is 7.85. The fourth-order valence-corrected chi connectivity index (χ4v) is 19.6. The molecule has 8 heteroatoms. The minimum absolute atomic E-state index is 0.793.